The van der Waals surface area contributed by atoms with E-state index in [-0.39, 0.29) is 76.6 Å². The summed E-state index contributed by atoms with van der Waals surface area (Å²) in [4.78, 5) is 42.1. The summed E-state index contributed by atoms with van der Waals surface area (Å²) in [5.41, 5.74) is -4.37. The topological polar surface area (TPSA) is 95.3 Å². The summed E-state index contributed by atoms with van der Waals surface area (Å²) in [5.74, 6) is -3.30. The molecule has 17 heteroatoms. The summed E-state index contributed by atoms with van der Waals surface area (Å²) >= 11 is 0.647. The molecule has 0 aliphatic carbocycles. The Morgan fingerprint density at radius 1 is 1.19 bits per heavy atom. The number of halogens is 6. The van der Waals surface area contributed by atoms with E-state index in [4.69, 9.17) is 11.3 Å². The van der Waals surface area contributed by atoms with E-state index in [0.717, 1.165) is 31.5 Å². The molecular weight excluding hydrogens is 737 g/mol. The van der Waals surface area contributed by atoms with Gasteiger partial charge < -0.3 is 19.9 Å². The molecule has 284 valence electrons. The second-order valence-corrected chi connectivity index (χ2v) is 15.1. The highest BCUT2D eigenvalue weighted by molar-refractivity contribution is 7.24. The van der Waals surface area contributed by atoms with Crippen molar-refractivity contribution in [1.29, 1.82) is 0 Å². The van der Waals surface area contributed by atoms with Crippen LogP contribution >= 0.6 is 11.3 Å². The smallest absolute Gasteiger partial charge is 0.417 e. The van der Waals surface area contributed by atoms with Crippen molar-refractivity contribution in [2.24, 2.45) is 0 Å². The second kappa shape index (κ2) is 13.7. The zero-order valence-electron chi connectivity index (χ0n) is 29.5. The third kappa shape index (κ3) is 6.28. The summed E-state index contributed by atoms with van der Waals surface area (Å²) in [7, 11) is 0. The van der Waals surface area contributed by atoms with Crippen LogP contribution in [-0.2, 0) is 15.8 Å². The van der Waals surface area contributed by atoms with Gasteiger partial charge in [0.15, 0.2) is 5.82 Å². The van der Waals surface area contributed by atoms with Crippen LogP contribution in [0.25, 0.3) is 37.0 Å². The molecule has 3 fully saturated rings. The molecule has 0 saturated carbocycles. The van der Waals surface area contributed by atoms with E-state index >= 15 is 22.0 Å². The van der Waals surface area contributed by atoms with Crippen molar-refractivity contribution < 1.29 is 40.7 Å². The molecule has 5 heterocycles. The number of alkyl halides is 4. The van der Waals surface area contributed by atoms with Crippen molar-refractivity contribution >= 4 is 60.6 Å². The van der Waals surface area contributed by atoms with Crippen molar-refractivity contribution in [3.8, 4) is 17.1 Å². The van der Waals surface area contributed by atoms with Gasteiger partial charge in [-0.1, -0.05) is 12.6 Å². The molecule has 0 bridgehead atoms. The molecule has 54 heavy (non-hydrogen) atoms. The molecule has 2 aromatic carbocycles. The van der Waals surface area contributed by atoms with Crippen LogP contribution in [0.2, 0.25) is 0 Å². The minimum Gasteiger partial charge on any atom is -0.461 e. The second-order valence-electron chi connectivity index (χ2n) is 14.1. The number of carbonyl (C=O) groups excluding carboxylic acids is 2. The van der Waals surface area contributed by atoms with Crippen LogP contribution in [0.5, 0.6) is 6.01 Å². The Balaban J connectivity index is 1.47. The normalized spacial score (nSPS) is 23.1. The van der Waals surface area contributed by atoms with E-state index in [0.29, 0.717) is 24.3 Å². The number of hydrogen-bond acceptors (Lipinski definition) is 8. The van der Waals surface area contributed by atoms with Crippen molar-refractivity contribution in [1.82, 2.24) is 19.8 Å². The lowest BCUT2D eigenvalue weighted by atomic mass is 9.93. The average molecular weight is 772 g/mol. The molecule has 4 aromatic rings. The number of benzene rings is 2. The number of ether oxygens (including phenoxy) is 1. The standard InChI is InChI=1S/C37H35F6N7O3S/c1-6-26(52)49-14-19(3)50(15-18(49)2)33-23-12-24(37(41,42)43)27(22-8-9-25(39)32-28(22)31(44-5)34(54-32)45-20(4)51)29(40)30(23)46-35(47-33)53-17-36-10-7-11-48(36)16-21(38)13-36/h6,8-9,12,18-19,21H,1,7,10-11,13-17H2,2-4H3,(H,45,51)/t18-,19+,21-,36+/m1/s1. The number of anilines is 2. The number of aromatic nitrogens is 2. The van der Waals surface area contributed by atoms with Gasteiger partial charge in [0.1, 0.15) is 34.9 Å². The fourth-order valence-electron chi connectivity index (χ4n) is 8.17. The molecule has 0 spiro atoms. The lowest BCUT2D eigenvalue weighted by molar-refractivity contribution is -0.137. The number of rotatable bonds is 7. The van der Waals surface area contributed by atoms with Gasteiger partial charge in [-0.05, 0) is 57.0 Å². The SMILES string of the molecule is [C-]#[N+]c1c(NC(C)=O)sc2c(F)ccc(-c3c(C(F)(F)F)cc4c(N5C[C@@H](C)N(C(=O)C=C)C[C@@H]5C)nc(OC[C@@]56CCCN5C[C@H](F)C6)nc4c3F)c12. The van der Waals surface area contributed by atoms with E-state index in [1.54, 1.807) is 23.6 Å². The molecule has 3 saturated heterocycles. The molecule has 4 atom stereocenters. The largest absolute Gasteiger partial charge is 0.461 e. The van der Waals surface area contributed by atoms with Crippen LogP contribution in [0, 0.1) is 18.2 Å². The van der Waals surface area contributed by atoms with Crippen LogP contribution in [0.1, 0.15) is 45.6 Å². The first kappa shape index (κ1) is 37.4. The number of nitrogens with zero attached hydrogens (tertiary/aromatic N) is 6. The summed E-state index contributed by atoms with van der Waals surface area (Å²) in [5, 5.41) is 1.72. The summed E-state index contributed by atoms with van der Waals surface area (Å²) < 4.78 is 98.6. The summed E-state index contributed by atoms with van der Waals surface area (Å²) in [6.45, 7) is 17.1. The number of fused-ring (bicyclic) bond motifs is 3. The van der Waals surface area contributed by atoms with Gasteiger partial charge in [0.05, 0.1) is 22.4 Å². The maximum Gasteiger partial charge on any atom is 0.417 e. The van der Waals surface area contributed by atoms with Gasteiger partial charge in [-0.15, -0.1) is 11.3 Å². The fraction of sp³-hybridized carbons (Fsp3) is 0.432. The number of nitrogens with one attached hydrogen (secondary N) is 1. The monoisotopic (exact) mass is 771 g/mol. The molecule has 7 rings (SSSR count). The minimum atomic E-state index is -5.17. The van der Waals surface area contributed by atoms with Gasteiger partial charge in [-0.2, -0.15) is 23.1 Å². The molecular formula is C37H35F6N7O3S. The number of carbonyl (C=O) groups is 2. The third-order valence-corrected chi connectivity index (χ3v) is 11.7. The van der Waals surface area contributed by atoms with Gasteiger partial charge in [-0.3, -0.25) is 14.5 Å². The Bertz CT molecular complexity index is 2260. The van der Waals surface area contributed by atoms with Crippen LogP contribution in [0.15, 0.2) is 30.9 Å². The van der Waals surface area contributed by atoms with Crippen LogP contribution in [0.3, 0.4) is 0 Å². The molecule has 2 amide bonds. The molecule has 2 aromatic heterocycles. The van der Waals surface area contributed by atoms with Gasteiger partial charge in [0, 0.05) is 61.4 Å². The van der Waals surface area contributed by atoms with E-state index in [1.807, 2.05) is 4.90 Å². The highest BCUT2D eigenvalue weighted by atomic mass is 32.1. The Labute approximate surface area is 310 Å². The first-order chi connectivity index (χ1) is 25.6. The molecule has 0 unspecified atom stereocenters. The number of hydrogen-bond donors (Lipinski definition) is 1. The maximum absolute atomic E-state index is 17.3. The van der Waals surface area contributed by atoms with Gasteiger partial charge in [0.2, 0.25) is 17.5 Å². The van der Waals surface area contributed by atoms with Crippen LogP contribution < -0.4 is 15.0 Å². The van der Waals surface area contributed by atoms with E-state index in [9.17, 15) is 14.0 Å². The van der Waals surface area contributed by atoms with Gasteiger partial charge in [0.25, 0.3) is 0 Å². The zero-order chi connectivity index (χ0) is 38.9. The predicted octanol–water partition coefficient (Wildman–Crippen LogP) is 7.88. The van der Waals surface area contributed by atoms with Crippen molar-refractivity contribution in [3.63, 3.8) is 0 Å². The quantitative estimate of drug-likeness (QED) is 0.116. The maximum atomic E-state index is 17.3. The molecule has 3 aliphatic rings. The average Bonchev–Trinajstić information content (AvgIpc) is 3.77. The molecule has 1 N–H and O–H groups in total. The first-order valence-corrected chi connectivity index (χ1v) is 18.1. The van der Waals surface area contributed by atoms with E-state index < -0.39 is 69.7 Å². The van der Waals surface area contributed by atoms with E-state index in [1.165, 1.54) is 6.08 Å². The molecule has 3 aliphatic heterocycles. The van der Waals surface area contributed by atoms with Crippen LogP contribution in [0.4, 0.5) is 42.8 Å². The van der Waals surface area contributed by atoms with Crippen molar-refractivity contribution in [2.45, 2.75) is 70.0 Å². The highest BCUT2D eigenvalue weighted by Gasteiger charge is 2.49. The van der Waals surface area contributed by atoms with Crippen LogP contribution in [-0.4, -0.2) is 88.2 Å². The molecule has 0 radical (unpaired) electrons. The lowest BCUT2D eigenvalue weighted by Crippen LogP contribution is -2.58. The minimum absolute atomic E-state index is 0.0468. The van der Waals surface area contributed by atoms with E-state index in [2.05, 4.69) is 26.7 Å². The number of piperazine rings is 1. The Morgan fingerprint density at radius 2 is 1.94 bits per heavy atom. The predicted molar refractivity (Wildman–Crippen MR) is 193 cm³/mol. The summed E-state index contributed by atoms with van der Waals surface area (Å²) in [6, 6.07) is 1.27. The van der Waals surface area contributed by atoms with Crippen molar-refractivity contribution in [2.75, 3.05) is 43.0 Å². The van der Waals surface area contributed by atoms with Crippen molar-refractivity contribution in [3.05, 3.63) is 59.5 Å². The Morgan fingerprint density at radius 3 is 2.63 bits per heavy atom. The number of thiophene rings is 1. The lowest BCUT2D eigenvalue weighted by Gasteiger charge is -2.44. The van der Waals surface area contributed by atoms with Gasteiger partial charge in [-0.25, -0.2) is 18.0 Å². The zero-order valence-corrected chi connectivity index (χ0v) is 30.3. The molecule has 10 nitrogen and oxygen atoms in total. The number of amides is 2. The summed E-state index contributed by atoms with van der Waals surface area (Å²) in [6.07, 6.45) is -3.41. The fourth-order valence-corrected chi connectivity index (χ4v) is 9.29. The highest BCUT2D eigenvalue weighted by Crippen LogP contribution is 2.52. The first-order valence-electron chi connectivity index (χ1n) is 17.3. The Kier molecular flexibility index (Phi) is 9.49. The Hall–Kier alpha value is -4.95. The van der Waals surface area contributed by atoms with Gasteiger partial charge >= 0.3 is 12.2 Å². The third-order valence-electron chi connectivity index (χ3n) is 10.6.